The van der Waals surface area contributed by atoms with Crippen molar-refractivity contribution in [1.82, 2.24) is 19.6 Å². The fourth-order valence-electron chi connectivity index (χ4n) is 3.31. The standard InChI is InChI=1S/C23H22ClN5O/c1-16-10-17(2)29(27-16)14-19-4-3-5-20(11-19)23(30)26-22-12-25-28(15-22)13-18-6-8-21(24)9-7-18/h3-12,15H,13-14H2,1-2H3,(H,26,30). The van der Waals surface area contributed by atoms with Crippen LogP contribution in [0.3, 0.4) is 0 Å². The molecular formula is C23H22ClN5O. The Hall–Kier alpha value is -3.38. The number of rotatable bonds is 6. The van der Waals surface area contributed by atoms with E-state index >= 15 is 0 Å². The van der Waals surface area contributed by atoms with Gasteiger partial charge in [-0.3, -0.25) is 14.2 Å². The molecule has 6 nitrogen and oxygen atoms in total. The van der Waals surface area contributed by atoms with Crippen molar-refractivity contribution >= 4 is 23.2 Å². The summed E-state index contributed by atoms with van der Waals surface area (Å²) in [6, 6.07) is 17.2. The Morgan fingerprint density at radius 1 is 1.03 bits per heavy atom. The molecule has 0 saturated carbocycles. The largest absolute Gasteiger partial charge is 0.319 e. The predicted octanol–water partition coefficient (Wildman–Crippen LogP) is 4.70. The van der Waals surface area contributed by atoms with Gasteiger partial charge in [0.2, 0.25) is 0 Å². The van der Waals surface area contributed by atoms with Crippen molar-refractivity contribution in [1.29, 1.82) is 0 Å². The first-order chi connectivity index (χ1) is 14.5. The number of anilines is 1. The number of aryl methyl sites for hydroxylation is 2. The summed E-state index contributed by atoms with van der Waals surface area (Å²) in [5, 5.41) is 12.4. The summed E-state index contributed by atoms with van der Waals surface area (Å²) in [7, 11) is 0. The number of aromatic nitrogens is 4. The van der Waals surface area contributed by atoms with Gasteiger partial charge >= 0.3 is 0 Å². The van der Waals surface area contributed by atoms with Crippen molar-refractivity contribution < 1.29 is 4.79 Å². The van der Waals surface area contributed by atoms with E-state index in [-0.39, 0.29) is 5.91 Å². The SMILES string of the molecule is Cc1cc(C)n(Cc2cccc(C(=O)Nc3cnn(Cc4ccc(Cl)cc4)c3)c2)n1. The lowest BCUT2D eigenvalue weighted by Gasteiger charge is -2.07. The van der Waals surface area contributed by atoms with E-state index in [0.29, 0.717) is 29.4 Å². The lowest BCUT2D eigenvalue weighted by atomic mass is 10.1. The highest BCUT2D eigenvalue weighted by Crippen LogP contribution is 2.14. The van der Waals surface area contributed by atoms with Crippen molar-refractivity contribution in [2.75, 3.05) is 5.32 Å². The maximum absolute atomic E-state index is 12.7. The number of nitrogens with zero attached hydrogens (tertiary/aromatic N) is 4. The van der Waals surface area contributed by atoms with Crippen LogP contribution < -0.4 is 5.32 Å². The maximum Gasteiger partial charge on any atom is 0.255 e. The number of carbonyl (C=O) groups excluding carboxylic acids is 1. The van der Waals surface area contributed by atoms with Crippen LogP contribution in [0.25, 0.3) is 0 Å². The molecule has 1 N–H and O–H groups in total. The van der Waals surface area contributed by atoms with E-state index in [0.717, 1.165) is 22.5 Å². The molecule has 0 bridgehead atoms. The highest BCUT2D eigenvalue weighted by Gasteiger charge is 2.10. The van der Waals surface area contributed by atoms with Crippen molar-refractivity contribution in [2.24, 2.45) is 0 Å². The molecule has 0 aliphatic carbocycles. The van der Waals surface area contributed by atoms with Gasteiger partial charge in [0, 0.05) is 22.5 Å². The minimum Gasteiger partial charge on any atom is -0.319 e. The molecule has 2 aromatic heterocycles. The minimum absolute atomic E-state index is 0.170. The summed E-state index contributed by atoms with van der Waals surface area (Å²) >= 11 is 5.92. The van der Waals surface area contributed by atoms with Gasteiger partial charge in [-0.1, -0.05) is 35.9 Å². The Kier molecular flexibility index (Phi) is 5.68. The highest BCUT2D eigenvalue weighted by molar-refractivity contribution is 6.30. The molecule has 0 fully saturated rings. The Morgan fingerprint density at radius 2 is 1.83 bits per heavy atom. The molecule has 0 atom stereocenters. The smallest absolute Gasteiger partial charge is 0.255 e. The average molecular weight is 420 g/mol. The van der Waals surface area contributed by atoms with Gasteiger partial charge in [-0.25, -0.2) is 0 Å². The third-order valence-electron chi connectivity index (χ3n) is 4.77. The van der Waals surface area contributed by atoms with Gasteiger partial charge in [-0.2, -0.15) is 10.2 Å². The number of hydrogen-bond acceptors (Lipinski definition) is 3. The summed E-state index contributed by atoms with van der Waals surface area (Å²) in [6.45, 7) is 5.23. The van der Waals surface area contributed by atoms with Gasteiger partial charge in [0.1, 0.15) is 0 Å². The number of hydrogen-bond donors (Lipinski definition) is 1. The zero-order valence-electron chi connectivity index (χ0n) is 16.8. The predicted molar refractivity (Wildman–Crippen MR) is 118 cm³/mol. The summed E-state index contributed by atoms with van der Waals surface area (Å²) < 4.78 is 3.71. The van der Waals surface area contributed by atoms with Crippen LogP contribution in [0.5, 0.6) is 0 Å². The summed E-state index contributed by atoms with van der Waals surface area (Å²) in [4.78, 5) is 12.7. The van der Waals surface area contributed by atoms with Gasteiger partial charge in [-0.05, 0) is 55.3 Å². The molecule has 0 unspecified atom stereocenters. The highest BCUT2D eigenvalue weighted by atomic mass is 35.5. The maximum atomic E-state index is 12.7. The monoisotopic (exact) mass is 419 g/mol. The first-order valence-electron chi connectivity index (χ1n) is 9.64. The van der Waals surface area contributed by atoms with E-state index in [4.69, 9.17) is 11.6 Å². The third-order valence-corrected chi connectivity index (χ3v) is 5.03. The molecule has 2 aromatic carbocycles. The van der Waals surface area contributed by atoms with Gasteiger partial charge in [0.15, 0.2) is 0 Å². The van der Waals surface area contributed by atoms with Crippen LogP contribution >= 0.6 is 11.6 Å². The van der Waals surface area contributed by atoms with Crippen LogP contribution in [0.2, 0.25) is 5.02 Å². The van der Waals surface area contributed by atoms with Crippen molar-refractivity contribution in [3.05, 3.63) is 100 Å². The number of benzene rings is 2. The van der Waals surface area contributed by atoms with Crippen LogP contribution in [0, 0.1) is 13.8 Å². The van der Waals surface area contributed by atoms with Gasteiger partial charge in [-0.15, -0.1) is 0 Å². The second kappa shape index (κ2) is 8.55. The quantitative estimate of drug-likeness (QED) is 0.492. The van der Waals surface area contributed by atoms with Crippen LogP contribution in [0.1, 0.15) is 32.9 Å². The van der Waals surface area contributed by atoms with E-state index in [2.05, 4.69) is 15.5 Å². The number of nitrogens with one attached hydrogen (secondary N) is 1. The summed E-state index contributed by atoms with van der Waals surface area (Å²) in [6.07, 6.45) is 3.46. The molecule has 2 heterocycles. The van der Waals surface area contributed by atoms with Gasteiger partial charge in [0.25, 0.3) is 5.91 Å². The van der Waals surface area contributed by atoms with E-state index < -0.39 is 0 Å². The van der Waals surface area contributed by atoms with E-state index in [9.17, 15) is 4.79 Å². The molecule has 7 heteroatoms. The molecule has 4 rings (SSSR count). The summed E-state index contributed by atoms with van der Waals surface area (Å²) in [5.74, 6) is -0.170. The lowest BCUT2D eigenvalue weighted by molar-refractivity contribution is 0.102. The molecule has 0 saturated heterocycles. The van der Waals surface area contributed by atoms with E-state index in [1.54, 1.807) is 16.9 Å². The lowest BCUT2D eigenvalue weighted by Crippen LogP contribution is -2.12. The zero-order valence-corrected chi connectivity index (χ0v) is 17.6. The zero-order chi connectivity index (χ0) is 21.1. The molecule has 0 aliphatic rings. The van der Waals surface area contributed by atoms with Crippen molar-refractivity contribution in [3.8, 4) is 0 Å². The molecule has 0 radical (unpaired) electrons. The molecule has 0 spiro atoms. The Morgan fingerprint density at radius 3 is 2.57 bits per heavy atom. The first kappa shape index (κ1) is 19.9. The van der Waals surface area contributed by atoms with Gasteiger partial charge in [0.05, 0.1) is 30.7 Å². The van der Waals surface area contributed by atoms with Gasteiger partial charge < -0.3 is 5.32 Å². The molecule has 1 amide bonds. The molecule has 0 aliphatic heterocycles. The first-order valence-corrected chi connectivity index (χ1v) is 10.0. The van der Waals surface area contributed by atoms with Crippen LogP contribution in [-0.4, -0.2) is 25.5 Å². The average Bonchev–Trinajstić information content (AvgIpc) is 3.29. The van der Waals surface area contributed by atoms with Crippen LogP contribution in [-0.2, 0) is 13.1 Å². The molecular weight excluding hydrogens is 398 g/mol. The fraction of sp³-hybridized carbons (Fsp3) is 0.174. The van der Waals surface area contributed by atoms with Crippen molar-refractivity contribution in [3.63, 3.8) is 0 Å². The number of amides is 1. The Balaban J connectivity index is 1.42. The summed E-state index contributed by atoms with van der Waals surface area (Å²) in [5.41, 5.74) is 5.43. The van der Waals surface area contributed by atoms with Crippen LogP contribution in [0.15, 0.2) is 67.0 Å². The third kappa shape index (κ3) is 4.78. The number of carbonyl (C=O) groups is 1. The Labute approximate surface area is 180 Å². The number of halogens is 1. The molecule has 152 valence electrons. The fourth-order valence-corrected chi connectivity index (χ4v) is 3.44. The van der Waals surface area contributed by atoms with Crippen LogP contribution in [0.4, 0.5) is 5.69 Å². The molecule has 4 aromatic rings. The van der Waals surface area contributed by atoms with Crippen molar-refractivity contribution in [2.45, 2.75) is 26.9 Å². The topological polar surface area (TPSA) is 64.7 Å². The second-order valence-electron chi connectivity index (χ2n) is 7.29. The minimum atomic E-state index is -0.170. The Bertz CT molecular complexity index is 1180. The van der Waals surface area contributed by atoms with E-state index in [1.165, 1.54) is 0 Å². The van der Waals surface area contributed by atoms with E-state index in [1.807, 2.05) is 73.3 Å². The molecule has 30 heavy (non-hydrogen) atoms. The second-order valence-corrected chi connectivity index (χ2v) is 7.73. The normalized spacial score (nSPS) is 10.9.